The minimum absolute atomic E-state index is 0.256. The van der Waals surface area contributed by atoms with Crippen LogP contribution >= 0.6 is 11.6 Å². The molecule has 1 aromatic carbocycles. The zero-order valence-electron chi connectivity index (χ0n) is 13.2. The van der Waals surface area contributed by atoms with Crippen LogP contribution in [0.2, 0.25) is 5.02 Å². The van der Waals surface area contributed by atoms with Crippen LogP contribution in [-0.2, 0) is 0 Å². The third-order valence-electron chi connectivity index (χ3n) is 3.48. The Morgan fingerprint density at radius 1 is 1.12 bits per heavy atom. The Hall–Kier alpha value is -2.86. The standard InChI is InChI=1S/C17H16ClN5O/c1-23(2)15-8-7-13(9-19-15)21-17(24)14-10-20-22-16(14)11-3-5-12(18)6-4-11/h3-10H,1-2H3,(H,20,22)(H,21,24). The lowest BCUT2D eigenvalue weighted by Gasteiger charge is -2.11. The Kier molecular flexibility index (Phi) is 4.48. The molecule has 0 radical (unpaired) electrons. The van der Waals surface area contributed by atoms with Gasteiger partial charge in [0, 0.05) is 24.7 Å². The summed E-state index contributed by atoms with van der Waals surface area (Å²) in [7, 11) is 3.81. The van der Waals surface area contributed by atoms with E-state index < -0.39 is 0 Å². The average Bonchev–Trinajstić information content (AvgIpc) is 3.06. The van der Waals surface area contributed by atoms with Crippen molar-refractivity contribution in [1.29, 1.82) is 0 Å². The summed E-state index contributed by atoms with van der Waals surface area (Å²) >= 11 is 5.90. The maximum Gasteiger partial charge on any atom is 0.259 e. The number of halogens is 1. The molecule has 6 nitrogen and oxygen atoms in total. The molecule has 0 aliphatic carbocycles. The summed E-state index contributed by atoms with van der Waals surface area (Å²) < 4.78 is 0. The average molecular weight is 342 g/mol. The number of anilines is 2. The predicted octanol–water partition coefficient (Wildman–Crippen LogP) is 3.44. The van der Waals surface area contributed by atoms with Crippen molar-refractivity contribution in [3.8, 4) is 11.3 Å². The van der Waals surface area contributed by atoms with Crippen LogP contribution < -0.4 is 10.2 Å². The van der Waals surface area contributed by atoms with Crippen LogP contribution in [0.4, 0.5) is 11.5 Å². The van der Waals surface area contributed by atoms with Gasteiger partial charge < -0.3 is 10.2 Å². The van der Waals surface area contributed by atoms with Gasteiger partial charge in [-0.15, -0.1) is 0 Å². The van der Waals surface area contributed by atoms with Gasteiger partial charge in [-0.2, -0.15) is 5.10 Å². The molecule has 0 spiro atoms. The van der Waals surface area contributed by atoms with Gasteiger partial charge in [0.1, 0.15) is 5.82 Å². The van der Waals surface area contributed by atoms with Crippen LogP contribution in [0.3, 0.4) is 0 Å². The molecule has 7 heteroatoms. The van der Waals surface area contributed by atoms with Crippen molar-refractivity contribution in [2.75, 3.05) is 24.3 Å². The fourth-order valence-electron chi connectivity index (χ4n) is 2.22. The molecule has 0 saturated carbocycles. The molecule has 2 N–H and O–H groups in total. The van der Waals surface area contributed by atoms with E-state index in [4.69, 9.17) is 11.6 Å². The first-order valence-corrected chi connectivity index (χ1v) is 7.66. The van der Waals surface area contributed by atoms with Crippen molar-refractivity contribution >= 4 is 29.0 Å². The molecule has 0 atom stereocenters. The van der Waals surface area contributed by atoms with Gasteiger partial charge in [-0.05, 0) is 24.3 Å². The van der Waals surface area contributed by atoms with Crippen LogP contribution in [0, 0.1) is 0 Å². The molecule has 0 bridgehead atoms. The van der Waals surface area contributed by atoms with E-state index in [1.165, 1.54) is 6.20 Å². The molecule has 3 rings (SSSR count). The summed E-state index contributed by atoms with van der Waals surface area (Å²) in [5.41, 5.74) is 2.55. The summed E-state index contributed by atoms with van der Waals surface area (Å²) in [6.45, 7) is 0. The van der Waals surface area contributed by atoms with Crippen molar-refractivity contribution in [3.05, 3.63) is 59.4 Å². The maximum atomic E-state index is 12.5. The Morgan fingerprint density at radius 3 is 2.50 bits per heavy atom. The van der Waals surface area contributed by atoms with Gasteiger partial charge in [0.2, 0.25) is 0 Å². The van der Waals surface area contributed by atoms with Gasteiger partial charge in [-0.1, -0.05) is 23.7 Å². The number of carbonyl (C=O) groups is 1. The van der Waals surface area contributed by atoms with E-state index in [-0.39, 0.29) is 5.91 Å². The maximum absolute atomic E-state index is 12.5. The molecule has 2 heterocycles. The number of nitrogens with zero attached hydrogens (tertiary/aromatic N) is 3. The first-order valence-electron chi connectivity index (χ1n) is 7.28. The molecule has 24 heavy (non-hydrogen) atoms. The van der Waals surface area contributed by atoms with Gasteiger partial charge in [0.15, 0.2) is 0 Å². The van der Waals surface area contributed by atoms with Crippen LogP contribution in [0.25, 0.3) is 11.3 Å². The highest BCUT2D eigenvalue weighted by Crippen LogP contribution is 2.24. The lowest BCUT2D eigenvalue weighted by atomic mass is 10.1. The normalized spacial score (nSPS) is 10.5. The number of nitrogens with one attached hydrogen (secondary N) is 2. The SMILES string of the molecule is CN(C)c1ccc(NC(=O)c2cn[nH]c2-c2ccc(Cl)cc2)cn1. The molecule has 0 saturated heterocycles. The van der Waals surface area contributed by atoms with E-state index in [1.807, 2.05) is 43.3 Å². The van der Waals surface area contributed by atoms with E-state index >= 15 is 0 Å². The van der Waals surface area contributed by atoms with E-state index in [1.54, 1.807) is 18.3 Å². The number of H-pyrrole nitrogens is 1. The van der Waals surface area contributed by atoms with Crippen molar-refractivity contribution in [2.45, 2.75) is 0 Å². The molecule has 3 aromatic rings. The molecule has 1 amide bonds. The van der Waals surface area contributed by atoms with Crippen molar-refractivity contribution in [3.63, 3.8) is 0 Å². The molecule has 2 aromatic heterocycles. The van der Waals surface area contributed by atoms with Crippen molar-refractivity contribution in [1.82, 2.24) is 15.2 Å². The molecule has 0 aliphatic rings. The van der Waals surface area contributed by atoms with E-state index in [2.05, 4.69) is 20.5 Å². The van der Waals surface area contributed by atoms with Gasteiger partial charge in [0.25, 0.3) is 5.91 Å². The number of benzene rings is 1. The molecule has 0 unspecified atom stereocenters. The number of pyridine rings is 1. The zero-order chi connectivity index (χ0) is 17.1. The number of rotatable bonds is 4. The highest BCUT2D eigenvalue weighted by atomic mass is 35.5. The summed E-state index contributed by atoms with van der Waals surface area (Å²) in [4.78, 5) is 18.7. The third-order valence-corrected chi connectivity index (χ3v) is 3.73. The first kappa shape index (κ1) is 16.0. The van der Waals surface area contributed by atoms with Crippen LogP contribution in [-0.4, -0.2) is 35.2 Å². The quantitative estimate of drug-likeness (QED) is 0.762. The highest BCUT2D eigenvalue weighted by molar-refractivity contribution is 6.30. The van der Waals surface area contributed by atoms with E-state index in [9.17, 15) is 4.79 Å². The Morgan fingerprint density at radius 2 is 1.88 bits per heavy atom. The highest BCUT2D eigenvalue weighted by Gasteiger charge is 2.15. The number of hydrogen-bond acceptors (Lipinski definition) is 4. The Labute approximate surface area is 144 Å². The van der Waals surface area contributed by atoms with Crippen LogP contribution in [0.15, 0.2) is 48.8 Å². The topological polar surface area (TPSA) is 73.9 Å². The van der Waals surface area contributed by atoms with Gasteiger partial charge in [-0.3, -0.25) is 9.89 Å². The summed E-state index contributed by atoms with van der Waals surface area (Å²) in [6, 6.07) is 10.8. The lowest BCUT2D eigenvalue weighted by molar-refractivity contribution is 0.102. The molecule has 122 valence electrons. The molecular formula is C17H16ClN5O. The second-order valence-corrected chi connectivity index (χ2v) is 5.86. The van der Waals surface area contributed by atoms with Crippen LogP contribution in [0.5, 0.6) is 0 Å². The van der Waals surface area contributed by atoms with Gasteiger partial charge >= 0.3 is 0 Å². The molecule has 0 aliphatic heterocycles. The number of hydrogen-bond donors (Lipinski definition) is 2. The second kappa shape index (κ2) is 6.72. The van der Waals surface area contributed by atoms with Gasteiger partial charge in [0.05, 0.1) is 29.3 Å². The fraction of sp³-hybridized carbons (Fsp3) is 0.118. The largest absolute Gasteiger partial charge is 0.363 e. The first-order chi connectivity index (χ1) is 11.5. The van der Waals surface area contributed by atoms with E-state index in [0.29, 0.717) is 22.0 Å². The number of carbonyl (C=O) groups excluding carboxylic acids is 1. The fourth-order valence-corrected chi connectivity index (χ4v) is 2.34. The summed E-state index contributed by atoms with van der Waals surface area (Å²) in [6.07, 6.45) is 3.12. The third kappa shape index (κ3) is 3.38. The Bertz CT molecular complexity index is 840. The summed E-state index contributed by atoms with van der Waals surface area (Å²) in [5.74, 6) is 0.561. The van der Waals surface area contributed by atoms with E-state index in [0.717, 1.165) is 11.4 Å². The minimum Gasteiger partial charge on any atom is -0.363 e. The number of aromatic nitrogens is 3. The van der Waals surface area contributed by atoms with Crippen molar-refractivity contribution in [2.24, 2.45) is 0 Å². The number of amides is 1. The van der Waals surface area contributed by atoms with Crippen LogP contribution in [0.1, 0.15) is 10.4 Å². The number of aromatic amines is 1. The summed E-state index contributed by atoms with van der Waals surface area (Å²) in [5, 5.41) is 10.3. The smallest absolute Gasteiger partial charge is 0.259 e. The van der Waals surface area contributed by atoms with Crippen molar-refractivity contribution < 1.29 is 4.79 Å². The monoisotopic (exact) mass is 341 g/mol. The lowest BCUT2D eigenvalue weighted by Crippen LogP contribution is -2.14. The Balaban J connectivity index is 1.81. The molecular weight excluding hydrogens is 326 g/mol. The predicted molar refractivity (Wildman–Crippen MR) is 95.6 cm³/mol. The second-order valence-electron chi connectivity index (χ2n) is 5.42. The van der Waals surface area contributed by atoms with Gasteiger partial charge in [-0.25, -0.2) is 4.98 Å². The zero-order valence-corrected chi connectivity index (χ0v) is 14.0. The molecule has 0 fully saturated rings. The minimum atomic E-state index is -0.256.